The number of hydrogen-bond acceptors (Lipinski definition) is 4. The number of amides is 1. The lowest BCUT2D eigenvalue weighted by molar-refractivity contribution is -0.153. The predicted octanol–water partition coefficient (Wildman–Crippen LogP) is 3.81. The van der Waals surface area contributed by atoms with Gasteiger partial charge in [0.2, 0.25) is 0 Å². The molecule has 174 valence electrons. The molecule has 0 radical (unpaired) electrons. The maximum Gasteiger partial charge on any atom is 0.252 e. The summed E-state index contributed by atoms with van der Waals surface area (Å²) in [6, 6.07) is 11.0. The van der Waals surface area contributed by atoms with Crippen LogP contribution < -0.4 is 0 Å². The lowest BCUT2D eigenvalue weighted by atomic mass is 9.82. The van der Waals surface area contributed by atoms with Crippen LogP contribution in [0, 0.1) is 6.92 Å². The third kappa shape index (κ3) is 5.19. The Bertz CT molecular complexity index is 899. The van der Waals surface area contributed by atoms with Gasteiger partial charge in [0.25, 0.3) is 5.91 Å². The van der Waals surface area contributed by atoms with Crippen LogP contribution in [0.25, 0.3) is 0 Å². The number of rotatable bonds is 5. The Morgan fingerprint density at radius 2 is 1.88 bits per heavy atom. The van der Waals surface area contributed by atoms with Crippen LogP contribution in [0.4, 0.5) is 0 Å². The van der Waals surface area contributed by atoms with Gasteiger partial charge in [0.05, 0.1) is 12.3 Å². The Hall–Kier alpha value is -1.89. The Morgan fingerprint density at radius 1 is 1.19 bits per heavy atom. The van der Waals surface area contributed by atoms with Crippen molar-refractivity contribution in [1.29, 1.82) is 0 Å². The number of halogens is 1. The van der Waals surface area contributed by atoms with Gasteiger partial charge in [0.1, 0.15) is 6.10 Å². The highest BCUT2D eigenvalue weighted by Crippen LogP contribution is 2.36. The number of carbonyl (C=O) groups is 1. The van der Waals surface area contributed by atoms with Crippen LogP contribution in [-0.2, 0) is 23.0 Å². The van der Waals surface area contributed by atoms with Gasteiger partial charge in [-0.25, -0.2) is 0 Å². The van der Waals surface area contributed by atoms with E-state index in [1.807, 2.05) is 23.9 Å². The summed E-state index contributed by atoms with van der Waals surface area (Å²) in [7, 11) is 5.62. The minimum atomic E-state index is -0.386. The van der Waals surface area contributed by atoms with E-state index in [9.17, 15) is 4.79 Å². The number of likely N-dealkylation sites (N-methyl/N-ethyl adjacent to an activating group) is 1. The molecule has 1 aromatic carbocycles. The van der Waals surface area contributed by atoms with Crippen molar-refractivity contribution in [2.45, 2.75) is 63.1 Å². The van der Waals surface area contributed by atoms with Gasteiger partial charge in [-0.05, 0) is 62.8 Å². The summed E-state index contributed by atoms with van der Waals surface area (Å²) < 4.78 is 8.04. The number of morpholine rings is 1. The molecule has 0 spiro atoms. The van der Waals surface area contributed by atoms with Crippen molar-refractivity contribution >= 4 is 17.5 Å². The van der Waals surface area contributed by atoms with Crippen molar-refractivity contribution in [3.8, 4) is 0 Å². The minimum absolute atomic E-state index is 0.0533. The van der Waals surface area contributed by atoms with Gasteiger partial charge in [0, 0.05) is 56.4 Å². The summed E-state index contributed by atoms with van der Waals surface area (Å²) >= 11 is 6.08. The highest BCUT2D eigenvalue weighted by molar-refractivity contribution is 6.30. The second kappa shape index (κ2) is 9.94. The molecular weight excluding hydrogens is 424 g/mol. The minimum Gasteiger partial charge on any atom is -0.365 e. The molecule has 1 aliphatic carbocycles. The summed E-state index contributed by atoms with van der Waals surface area (Å²) in [4.78, 5) is 16.9. The van der Waals surface area contributed by atoms with Gasteiger partial charge < -0.3 is 9.64 Å². The van der Waals surface area contributed by atoms with Gasteiger partial charge in [-0.3, -0.25) is 14.4 Å². The number of nitrogens with zero attached hydrogens (tertiary/aromatic N) is 4. The number of ether oxygens (including phenoxy) is 1. The summed E-state index contributed by atoms with van der Waals surface area (Å²) in [6.07, 6.45) is 5.04. The zero-order valence-corrected chi connectivity index (χ0v) is 20.4. The van der Waals surface area contributed by atoms with Crippen molar-refractivity contribution in [3.05, 3.63) is 52.3 Å². The van der Waals surface area contributed by atoms with Crippen molar-refractivity contribution in [2.24, 2.45) is 7.05 Å². The maximum atomic E-state index is 12.6. The van der Waals surface area contributed by atoms with Crippen LogP contribution in [0.3, 0.4) is 0 Å². The molecule has 6 nitrogen and oxygen atoms in total. The van der Waals surface area contributed by atoms with Crippen molar-refractivity contribution in [2.75, 3.05) is 27.2 Å². The molecule has 2 aliphatic rings. The van der Waals surface area contributed by atoms with E-state index in [1.54, 1.807) is 19.0 Å². The van der Waals surface area contributed by atoms with Gasteiger partial charge >= 0.3 is 0 Å². The lowest BCUT2D eigenvalue weighted by Gasteiger charge is -2.46. The van der Waals surface area contributed by atoms with E-state index in [0.29, 0.717) is 25.1 Å². The van der Waals surface area contributed by atoms with Gasteiger partial charge in [-0.1, -0.05) is 23.7 Å². The molecule has 1 aromatic heterocycles. The molecule has 2 unspecified atom stereocenters. The zero-order valence-electron chi connectivity index (χ0n) is 19.6. The molecule has 1 saturated carbocycles. The molecule has 2 heterocycles. The zero-order chi connectivity index (χ0) is 22.8. The second-order valence-corrected chi connectivity index (χ2v) is 10.0. The quantitative estimate of drug-likeness (QED) is 0.683. The molecule has 2 atom stereocenters. The molecule has 2 aromatic rings. The highest BCUT2D eigenvalue weighted by atomic mass is 35.5. The largest absolute Gasteiger partial charge is 0.365 e. The first-order valence-electron chi connectivity index (χ1n) is 11.6. The second-order valence-electron chi connectivity index (χ2n) is 9.58. The fourth-order valence-corrected chi connectivity index (χ4v) is 5.29. The maximum absolute atomic E-state index is 12.6. The Morgan fingerprint density at radius 3 is 2.47 bits per heavy atom. The highest BCUT2D eigenvalue weighted by Gasteiger charge is 2.38. The standard InChI is InChI=1S/C25H35ClN4O2/c1-17-13-23(27-29(17)4)19-7-11-21(12-8-19)30-15-24(25(31)28(2)3)32-16-22(30)14-18-5-9-20(26)10-6-18/h5-6,9-10,13,19,21-22,24H,7-8,11-12,14-16H2,1-4H3. The summed E-state index contributed by atoms with van der Waals surface area (Å²) in [6.45, 7) is 3.35. The van der Waals surface area contributed by atoms with Crippen LogP contribution in [0.15, 0.2) is 30.3 Å². The molecule has 32 heavy (non-hydrogen) atoms. The number of carbonyl (C=O) groups excluding carboxylic acids is 1. The van der Waals surface area contributed by atoms with E-state index in [4.69, 9.17) is 21.4 Å². The summed E-state index contributed by atoms with van der Waals surface area (Å²) in [5.74, 6) is 0.582. The average molecular weight is 459 g/mol. The first kappa shape index (κ1) is 23.3. The molecule has 1 saturated heterocycles. The number of benzene rings is 1. The molecule has 7 heteroatoms. The van der Waals surface area contributed by atoms with E-state index in [0.717, 1.165) is 37.1 Å². The van der Waals surface area contributed by atoms with Crippen molar-refractivity contribution < 1.29 is 9.53 Å². The van der Waals surface area contributed by atoms with Crippen LogP contribution in [-0.4, -0.2) is 70.9 Å². The molecule has 1 aliphatic heterocycles. The van der Waals surface area contributed by atoms with Crippen molar-refractivity contribution in [1.82, 2.24) is 19.6 Å². The van der Waals surface area contributed by atoms with Crippen LogP contribution in [0.2, 0.25) is 5.02 Å². The predicted molar refractivity (Wildman–Crippen MR) is 127 cm³/mol. The van der Waals surface area contributed by atoms with E-state index in [2.05, 4.69) is 30.0 Å². The van der Waals surface area contributed by atoms with Gasteiger partial charge in [0.15, 0.2) is 0 Å². The fraction of sp³-hybridized carbons (Fsp3) is 0.600. The topological polar surface area (TPSA) is 50.6 Å². The first-order valence-corrected chi connectivity index (χ1v) is 12.0. The molecular formula is C25H35ClN4O2. The Balaban J connectivity index is 1.46. The monoisotopic (exact) mass is 458 g/mol. The molecule has 2 fully saturated rings. The SMILES string of the molecule is Cc1cc(C2CCC(N3CC(C(=O)N(C)C)OCC3Cc3ccc(Cl)cc3)CC2)nn1C. The van der Waals surface area contributed by atoms with Crippen LogP contribution in [0.5, 0.6) is 0 Å². The average Bonchev–Trinajstić information content (AvgIpc) is 3.13. The third-order valence-corrected chi connectivity index (χ3v) is 7.40. The lowest BCUT2D eigenvalue weighted by Crippen LogP contribution is -2.58. The van der Waals surface area contributed by atoms with Crippen molar-refractivity contribution in [3.63, 3.8) is 0 Å². The molecule has 0 N–H and O–H groups in total. The van der Waals surface area contributed by atoms with Crippen LogP contribution >= 0.6 is 11.6 Å². The third-order valence-electron chi connectivity index (χ3n) is 7.15. The van der Waals surface area contributed by atoms with E-state index >= 15 is 0 Å². The first-order chi connectivity index (χ1) is 15.3. The smallest absolute Gasteiger partial charge is 0.252 e. The summed E-state index contributed by atoms with van der Waals surface area (Å²) in [5.41, 5.74) is 3.69. The Labute approximate surface area is 196 Å². The van der Waals surface area contributed by atoms with Gasteiger partial charge in [-0.2, -0.15) is 5.10 Å². The Kier molecular flexibility index (Phi) is 7.23. The molecule has 4 rings (SSSR count). The number of aromatic nitrogens is 2. The number of hydrogen-bond donors (Lipinski definition) is 0. The normalized spacial score (nSPS) is 26.8. The molecule has 1 amide bonds. The number of aryl methyl sites for hydroxylation is 2. The fourth-order valence-electron chi connectivity index (χ4n) is 5.16. The van der Waals surface area contributed by atoms with E-state index in [1.165, 1.54) is 17.0 Å². The van der Waals surface area contributed by atoms with Gasteiger partial charge in [-0.15, -0.1) is 0 Å². The van der Waals surface area contributed by atoms with E-state index < -0.39 is 0 Å². The summed E-state index contributed by atoms with van der Waals surface area (Å²) in [5, 5.41) is 5.48. The molecule has 0 bridgehead atoms. The van der Waals surface area contributed by atoms with E-state index in [-0.39, 0.29) is 18.1 Å². The van der Waals surface area contributed by atoms with Crippen LogP contribution in [0.1, 0.15) is 48.6 Å².